The fourth-order valence-electron chi connectivity index (χ4n) is 5.78. The van der Waals surface area contributed by atoms with Crippen LogP contribution in [-0.2, 0) is 0 Å². The Kier molecular flexibility index (Phi) is 5.17. The summed E-state index contributed by atoms with van der Waals surface area (Å²) in [5, 5.41) is 9.95. The lowest BCUT2D eigenvalue weighted by Crippen LogP contribution is -2.21. The molecule has 1 saturated carbocycles. The molecule has 172 valence electrons. The summed E-state index contributed by atoms with van der Waals surface area (Å²) in [4.78, 5) is 27.1. The van der Waals surface area contributed by atoms with Gasteiger partial charge in [0.2, 0.25) is 0 Å². The second-order valence-corrected chi connectivity index (χ2v) is 9.54. The molecule has 1 aliphatic carbocycles. The van der Waals surface area contributed by atoms with Gasteiger partial charge in [-0.05, 0) is 49.8 Å². The molecule has 1 aromatic carbocycles. The van der Waals surface area contributed by atoms with Gasteiger partial charge in [-0.15, -0.1) is 0 Å². The number of anilines is 1. The van der Waals surface area contributed by atoms with E-state index in [0.717, 1.165) is 42.8 Å². The summed E-state index contributed by atoms with van der Waals surface area (Å²) in [5.41, 5.74) is 4.53. The maximum absolute atomic E-state index is 12.8. The van der Waals surface area contributed by atoms with Crippen molar-refractivity contribution < 1.29 is 5.11 Å². The molecular formula is C25H30N6O2. The number of aliphatic hydroxyl groups excluding tert-OH is 1. The highest BCUT2D eigenvalue weighted by Crippen LogP contribution is 2.34. The van der Waals surface area contributed by atoms with Gasteiger partial charge < -0.3 is 19.6 Å². The Morgan fingerprint density at radius 3 is 2.85 bits per heavy atom. The number of hydrogen-bond donors (Lipinski definition) is 2. The Balaban J connectivity index is 1.41. The lowest BCUT2D eigenvalue weighted by Gasteiger charge is -2.23. The number of hydrogen-bond acceptors (Lipinski definition) is 5. The van der Waals surface area contributed by atoms with Crippen molar-refractivity contribution >= 4 is 27.8 Å². The van der Waals surface area contributed by atoms with Crippen LogP contribution >= 0.6 is 0 Å². The van der Waals surface area contributed by atoms with Crippen molar-refractivity contribution in [3.05, 3.63) is 47.4 Å². The molecule has 8 heteroatoms. The molecule has 3 aromatic heterocycles. The number of imidazole rings is 1. The topological polar surface area (TPSA) is 92.0 Å². The van der Waals surface area contributed by atoms with Gasteiger partial charge in [0.05, 0.1) is 29.4 Å². The first-order chi connectivity index (χ1) is 16.2. The molecule has 2 fully saturated rings. The molecule has 8 nitrogen and oxygen atoms in total. The van der Waals surface area contributed by atoms with Crippen LogP contribution in [0, 0.1) is 5.92 Å². The van der Waals surface area contributed by atoms with Crippen molar-refractivity contribution in [3.8, 4) is 5.69 Å². The van der Waals surface area contributed by atoms with Crippen LogP contribution in [0.15, 0.2) is 41.8 Å². The molecule has 1 unspecified atom stereocenters. The van der Waals surface area contributed by atoms with E-state index in [1.54, 1.807) is 0 Å². The number of nitrogens with zero attached hydrogens (tertiary/aromatic N) is 5. The maximum atomic E-state index is 12.8. The average Bonchev–Trinajstić information content (AvgIpc) is 3.56. The van der Waals surface area contributed by atoms with Gasteiger partial charge in [0.15, 0.2) is 5.65 Å². The zero-order valence-corrected chi connectivity index (χ0v) is 18.8. The maximum Gasteiger partial charge on any atom is 0.262 e. The summed E-state index contributed by atoms with van der Waals surface area (Å²) in [6, 6.07) is 6.89. The van der Waals surface area contributed by atoms with E-state index >= 15 is 0 Å². The Labute approximate surface area is 191 Å². The summed E-state index contributed by atoms with van der Waals surface area (Å²) >= 11 is 0. The Bertz CT molecular complexity index is 1350. The van der Waals surface area contributed by atoms with Crippen LogP contribution in [0.4, 0.5) is 5.69 Å². The molecule has 0 amide bonds. The van der Waals surface area contributed by atoms with E-state index in [2.05, 4.69) is 37.6 Å². The number of aromatic amines is 1. The molecule has 1 atom stereocenters. The molecule has 4 heterocycles. The minimum absolute atomic E-state index is 0.123. The zero-order valence-electron chi connectivity index (χ0n) is 18.8. The van der Waals surface area contributed by atoms with Crippen LogP contribution in [0.2, 0.25) is 0 Å². The smallest absolute Gasteiger partial charge is 0.262 e. The highest BCUT2D eigenvalue weighted by Gasteiger charge is 2.27. The number of H-pyrrole nitrogens is 1. The molecule has 4 aromatic rings. The van der Waals surface area contributed by atoms with E-state index in [0.29, 0.717) is 23.0 Å². The van der Waals surface area contributed by atoms with Gasteiger partial charge in [-0.2, -0.15) is 0 Å². The normalized spacial score (nSPS) is 19.8. The third-order valence-electron chi connectivity index (χ3n) is 7.54. The quantitative estimate of drug-likeness (QED) is 0.487. The first-order valence-electron chi connectivity index (χ1n) is 12.1. The first kappa shape index (κ1) is 20.5. The van der Waals surface area contributed by atoms with Crippen molar-refractivity contribution in [2.24, 2.45) is 5.92 Å². The molecule has 0 radical (unpaired) electrons. The fourth-order valence-corrected chi connectivity index (χ4v) is 5.78. The Morgan fingerprint density at radius 2 is 2.00 bits per heavy atom. The van der Waals surface area contributed by atoms with E-state index in [4.69, 9.17) is 4.98 Å². The molecule has 0 bridgehead atoms. The third-order valence-corrected chi connectivity index (χ3v) is 7.54. The van der Waals surface area contributed by atoms with Crippen LogP contribution in [0.25, 0.3) is 27.8 Å². The Hall–Kier alpha value is -3.13. The molecular weight excluding hydrogens is 416 g/mol. The van der Waals surface area contributed by atoms with Crippen molar-refractivity contribution in [3.63, 3.8) is 0 Å². The van der Waals surface area contributed by atoms with E-state index in [1.165, 1.54) is 43.9 Å². The SMILES string of the molecule is O=c1[nH]cnc2c1c(N1CCC(CCO)C1)cn2-c1ccc2c(c1)ncn2C1CCCCC1. The minimum Gasteiger partial charge on any atom is -0.396 e. The number of fused-ring (bicyclic) bond motifs is 2. The molecule has 33 heavy (non-hydrogen) atoms. The lowest BCUT2D eigenvalue weighted by molar-refractivity contribution is 0.263. The van der Waals surface area contributed by atoms with Crippen LogP contribution < -0.4 is 10.5 Å². The van der Waals surface area contributed by atoms with E-state index in [9.17, 15) is 9.90 Å². The summed E-state index contributed by atoms with van der Waals surface area (Å²) in [6.45, 7) is 1.93. The van der Waals surface area contributed by atoms with Gasteiger partial charge >= 0.3 is 0 Å². The minimum atomic E-state index is -0.123. The van der Waals surface area contributed by atoms with Crippen molar-refractivity contribution in [1.29, 1.82) is 0 Å². The fraction of sp³-hybridized carbons (Fsp3) is 0.480. The van der Waals surface area contributed by atoms with Gasteiger partial charge in [0.1, 0.15) is 5.39 Å². The summed E-state index contributed by atoms with van der Waals surface area (Å²) in [6.07, 6.45) is 13.7. The van der Waals surface area contributed by atoms with Crippen LogP contribution in [0.3, 0.4) is 0 Å². The standard InChI is InChI=1S/C25H30N6O2/c32-11-9-17-8-10-29(13-17)22-14-30(24-23(22)25(33)27-15-26-24)19-6-7-21-20(12-19)28-16-31(21)18-4-2-1-3-5-18/h6-7,12,14-18,32H,1-5,8-11,13H2,(H,26,27,33). The second kappa shape index (κ2) is 8.33. The largest absolute Gasteiger partial charge is 0.396 e. The lowest BCUT2D eigenvalue weighted by atomic mass is 9.95. The highest BCUT2D eigenvalue weighted by atomic mass is 16.3. The molecule has 1 aliphatic heterocycles. The zero-order chi connectivity index (χ0) is 22.4. The second-order valence-electron chi connectivity index (χ2n) is 9.54. The van der Waals surface area contributed by atoms with E-state index in [1.807, 2.05) is 17.1 Å². The van der Waals surface area contributed by atoms with Crippen LogP contribution in [0.5, 0.6) is 0 Å². The van der Waals surface area contributed by atoms with Crippen LogP contribution in [0.1, 0.15) is 51.0 Å². The van der Waals surface area contributed by atoms with Gasteiger partial charge in [0, 0.05) is 37.6 Å². The van der Waals surface area contributed by atoms with Crippen molar-refractivity contribution in [1.82, 2.24) is 24.1 Å². The average molecular weight is 447 g/mol. The number of rotatable bonds is 5. The van der Waals surface area contributed by atoms with Crippen LogP contribution in [-0.4, -0.2) is 48.9 Å². The molecule has 1 saturated heterocycles. The number of benzene rings is 1. The van der Waals surface area contributed by atoms with Gasteiger partial charge in [-0.3, -0.25) is 9.36 Å². The summed E-state index contributed by atoms with van der Waals surface area (Å²) < 4.78 is 4.35. The molecule has 6 rings (SSSR count). The van der Waals surface area contributed by atoms with E-state index < -0.39 is 0 Å². The first-order valence-corrected chi connectivity index (χ1v) is 12.1. The van der Waals surface area contributed by atoms with Gasteiger partial charge in [-0.25, -0.2) is 9.97 Å². The Morgan fingerprint density at radius 1 is 1.12 bits per heavy atom. The predicted molar refractivity (Wildman–Crippen MR) is 129 cm³/mol. The van der Waals surface area contributed by atoms with Gasteiger partial charge in [0.25, 0.3) is 5.56 Å². The van der Waals surface area contributed by atoms with Crippen molar-refractivity contribution in [2.75, 3.05) is 24.6 Å². The monoisotopic (exact) mass is 446 g/mol. The summed E-state index contributed by atoms with van der Waals surface area (Å²) in [7, 11) is 0. The van der Waals surface area contributed by atoms with Crippen molar-refractivity contribution in [2.45, 2.75) is 51.0 Å². The number of aliphatic hydroxyl groups is 1. The van der Waals surface area contributed by atoms with Gasteiger partial charge in [-0.1, -0.05) is 19.3 Å². The number of nitrogens with one attached hydrogen (secondary N) is 1. The predicted octanol–water partition coefficient (Wildman–Crippen LogP) is 3.78. The third kappa shape index (κ3) is 3.53. The molecule has 2 N–H and O–H groups in total. The highest BCUT2D eigenvalue weighted by molar-refractivity contribution is 5.92. The molecule has 0 spiro atoms. The van der Waals surface area contributed by atoms with E-state index in [-0.39, 0.29) is 12.2 Å². The summed E-state index contributed by atoms with van der Waals surface area (Å²) in [5.74, 6) is 0.448. The number of aromatic nitrogens is 5. The molecule has 2 aliphatic rings.